The number of amides is 1. The second-order valence-electron chi connectivity index (χ2n) is 5.98. The number of aryl methyl sites for hydroxylation is 1. The molecule has 0 unspecified atom stereocenters. The Morgan fingerprint density at radius 3 is 2.80 bits per heavy atom. The molecule has 1 aromatic carbocycles. The van der Waals surface area contributed by atoms with E-state index in [4.69, 9.17) is 9.84 Å². The maximum Gasteiger partial charge on any atom is 0.263 e. The molecule has 2 rings (SSSR count). The number of aromatic nitrogens is 1. The van der Waals surface area contributed by atoms with Crippen LogP contribution in [0.25, 0.3) is 0 Å². The van der Waals surface area contributed by atoms with E-state index >= 15 is 0 Å². The van der Waals surface area contributed by atoms with E-state index in [1.54, 1.807) is 12.3 Å². The van der Waals surface area contributed by atoms with Crippen LogP contribution in [0.1, 0.15) is 27.9 Å². The third-order valence-electron chi connectivity index (χ3n) is 3.88. The number of benzene rings is 1. The van der Waals surface area contributed by atoms with Gasteiger partial charge in [0.1, 0.15) is 5.56 Å². The zero-order valence-corrected chi connectivity index (χ0v) is 14.6. The highest BCUT2D eigenvalue weighted by Gasteiger charge is 2.17. The Bertz CT molecular complexity index is 764. The summed E-state index contributed by atoms with van der Waals surface area (Å²) >= 11 is 0. The fraction of sp³-hybridized carbons (Fsp3) is 0.368. The minimum atomic E-state index is -0.459. The Labute approximate surface area is 147 Å². The number of nitrogens with zero attached hydrogens (tertiary/aromatic N) is 1. The van der Waals surface area contributed by atoms with Crippen LogP contribution < -0.4 is 10.9 Å². The number of hydrogen-bond donors (Lipinski definition) is 2. The van der Waals surface area contributed by atoms with Gasteiger partial charge in [0, 0.05) is 19.9 Å². The average Bonchev–Trinajstić information content (AvgIpc) is 2.57. The molecular weight excluding hydrogens is 320 g/mol. The molecule has 134 valence electrons. The lowest BCUT2D eigenvalue weighted by atomic mass is 10.1. The first-order chi connectivity index (χ1) is 12.0. The van der Waals surface area contributed by atoms with Gasteiger partial charge in [0.05, 0.1) is 19.2 Å². The monoisotopic (exact) mass is 344 g/mol. The van der Waals surface area contributed by atoms with E-state index in [2.05, 4.69) is 5.32 Å². The first-order valence-electron chi connectivity index (χ1n) is 8.20. The van der Waals surface area contributed by atoms with Crippen molar-refractivity contribution in [3.8, 4) is 0 Å². The molecule has 0 bridgehead atoms. The van der Waals surface area contributed by atoms with Gasteiger partial charge in [-0.25, -0.2) is 0 Å². The zero-order valence-electron chi connectivity index (χ0n) is 14.6. The number of nitrogens with one attached hydrogen (secondary N) is 1. The van der Waals surface area contributed by atoms with Crippen molar-refractivity contribution in [2.75, 3.05) is 20.3 Å². The van der Waals surface area contributed by atoms with Gasteiger partial charge in [-0.1, -0.05) is 29.8 Å². The summed E-state index contributed by atoms with van der Waals surface area (Å²) in [6.45, 7) is 2.60. The smallest absolute Gasteiger partial charge is 0.263 e. The number of methoxy groups -OCH3 is 1. The van der Waals surface area contributed by atoms with Crippen LogP contribution in [0.3, 0.4) is 0 Å². The molecule has 25 heavy (non-hydrogen) atoms. The fourth-order valence-corrected chi connectivity index (χ4v) is 2.66. The van der Waals surface area contributed by atoms with Gasteiger partial charge in [0.2, 0.25) is 0 Å². The average molecular weight is 344 g/mol. The number of pyridine rings is 1. The van der Waals surface area contributed by atoms with Gasteiger partial charge in [0.15, 0.2) is 0 Å². The van der Waals surface area contributed by atoms with Crippen molar-refractivity contribution in [2.24, 2.45) is 0 Å². The van der Waals surface area contributed by atoms with E-state index in [1.165, 1.54) is 17.7 Å². The Morgan fingerprint density at radius 2 is 2.12 bits per heavy atom. The number of aliphatic hydroxyl groups excluding tert-OH is 1. The summed E-state index contributed by atoms with van der Waals surface area (Å²) in [6, 6.07) is 10.7. The van der Waals surface area contributed by atoms with E-state index in [1.807, 2.05) is 31.2 Å². The van der Waals surface area contributed by atoms with Gasteiger partial charge in [0.25, 0.3) is 11.5 Å². The number of carbonyl (C=O) groups is 1. The molecule has 0 saturated heterocycles. The molecule has 0 aliphatic carbocycles. The Balaban J connectivity index is 2.19. The zero-order chi connectivity index (χ0) is 18.2. The fourth-order valence-electron chi connectivity index (χ4n) is 2.66. The lowest BCUT2D eigenvalue weighted by Gasteiger charge is -2.17. The van der Waals surface area contributed by atoms with E-state index in [0.717, 1.165) is 11.1 Å². The molecule has 0 radical (unpaired) electrons. The first kappa shape index (κ1) is 18.9. The third-order valence-corrected chi connectivity index (χ3v) is 3.88. The molecule has 0 spiro atoms. The van der Waals surface area contributed by atoms with Crippen molar-refractivity contribution in [3.63, 3.8) is 0 Å². The molecule has 1 aromatic heterocycles. The van der Waals surface area contributed by atoms with Crippen molar-refractivity contribution in [2.45, 2.75) is 25.9 Å². The van der Waals surface area contributed by atoms with E-state index in [0.29, 0.717) is 13.0 Å². The van der Waals surface area contributed by atoms with Crippen LogP contribution in [0, 0.1) is 6.92 Å². The van der Waals surface area contributed by atoms with Crippen molar-refractivity contribution < 1.29 is 14.6 Å². The molecule has 6 heteroatoms. The highest BCUT2D eigenvalue weighted by Crippen LogP contribution is 2.06. The maximum absolute atomic E-state index is 12.6. The van der Waals surface area contributed by atoms with Crippen molar-refractivity contribution >= 4 is 5.91 Å². The largest absolute Gasteiger partial charge is 0.396 e. The second-order valence-corrected chi connectivity index (χ2v) is 5.98. The Morgan fingerprint density at radius 1 is 1.32 bits per heavy atom. The molecule has 2 N–H and O–H groups in total. The lowest BCUT2D eigenvalue weighted by molar-refractivity contribution is 0.0876. The first-order valence-corrected chi connectivity index (χ1v) is 8.20. The SMILES string of the molecule is COC[C@H](CCO)NC(=O)c1cccn(Cc2cccc(C)c2)c1=O. The molecule has 6 nitrogen and oxygen atoms in total. The van der Waals surface area contributed by atoms with Gasteiger partial charge < -0.3 is 19.7 Å². The standard InChI is InChI=1S/C19H24N2O4/c1-14-5-3-6-15(11-14)12-21-9-4-7-17(19(21)24)18(23)20-16(8-10-22)13-25-2/h3-7,9,11,16,22H,8,10,12-13H2,1-2H3,(H,20,23)/t16-/m0/s1. The van der Waals surface area contributed by atoms with Gasteiger partial charge >= 0.3 is 0 Å². The van der Waals surface area contributed by atoms with Crippen LogP contribution in [-0.2, 0) is 11.3 Å². The summed E-state index contributed by atoms with van der Waals surface area (Å²) in [5, 5.41) is 11.8. The molecule has 0 aliphatic heterocycles. The normalized spacial score (nSPS) is 12.0. The van der Waals surface area contributed by atoms with Crippen molar-refractivity contribution in [1.82, 2.24) is 9.88 Å². The topological polar surface area (TPSA) is 80.6 Å². The van der Waals surface area contributed by atoms with Crippen LogP contribution >= 0.6 is 0 Å². The van der Waals surface area contributed by atoms with Crippen LogP contribution in [0.4, 0.5) is 0 Å². The number of aliphatic hydroxyl groups is 1. The summed E-state index contributed by atoms with van der Waals surface area (Å²) in [6.07, 6.45) is 2.03. The van der Waals surface area contributed by atoms with Crippen LogP contribution in [0.15, 0.2) is 47.4 Å². The van der Waals surface area contributed by atoms with Gasteiger partial charge in [-0.3, -0.25) is 9.59 Å². The van der Waals surface area contributed by atoms with E-state index in [9.17, 15) is 9.59 Å². The van der Waals surface area contributed by atoms with Crippen molar-refractivity contribution in [3.05, 3.63) is 69.6 Å². The Hall–Kier alpha value is -2.44. The summed E-state index contributed by atoms with van der Waals surface area (Å²) < 4.78 is 6.54. The van der Waals surface area contributed by atoms with E-state index < -0.39 is 5.91 Å². The molecule has 1 amide bonds. The maximum atomic E-state index is 12.6. The van der Waals surface area contributed by atoms with Crippen LogP contribution in [0.5, 0.6) is 0 Å². The summed E-state index contributed by atoms with van der Waals surface area (Å²) in [5.41, 5.74) is 1.85. The quantitative estimate of drug-likeness (QED) is 0.757. The minimum absolute atomic E-state index is 0.0688. The van der Waals surface area contributed by atoms with Crippen LogP contribution in [-0.4, -0.2) is 41.9 Å². The van der Waals surface area contributed by atoms with Crippen molar-refractivity contribution in [1.29, 1.82) is 0 Å². The summed E-state index contributed by atoms with van der Waals surface area (Å²) in [7, 11) is 1.52. The molecular formula is C19H24N2O4. The van der Waals surface area contributed by atoms with Gasteiger partial charge in [-0.05, 0) is 31.0 Å². The summed E-state index contributed by atoms with van der Waals surface area (Å²) in [5.74, 6) is -0.459. The number of hydrogen-bond acceptors (Lipinski definition) is 4. The predicted molar refractivity (Wildman–Crippen MR) is 95.8 cm³/mol. The number of ether oxygens (including phenoxy) is 1. The van der Waals surface area contributed by atoms with Gasteiger partial charge in [-0.15, -0.1) is 0 Å². The van der Waals surface area contributed by atoms with Crippen LogP contribution in [0.2, 0.25) is 0 Å². The Kier molecular flexibility index (Phi) is 6.91. The molecule has 2 aromatic rings. The second kappa shape index (κ2) is 9.15. The van der Waals surface area contributed by atoms with E-state index in [-0.39, 0.29) is 30.4 Å². The molecule has 0 fully saturated rings. The third kappa shape index (κ3) is 5.27. The van der Waals surface area contributed by atoms with Gasteiger partial charge in [-0.2, -0.15) is 0 Å². The highest BCUT2D eigenvalue weighted by atomic mass is 16.5. The minimum Gasteiger partial charge on any atom is -0.396 e. The molecule has 0 aliphatic rings. The molecule has 1 atom stereocenters. The highest BCUT2D eigenvalue weighted by molar-refractivity contribution is 5.94. The number of rotatable bonds is 8. The number of carbonyl (C=O) groups excluding carboxylic acids is 1. The molecule has 0 saturated carbocycles. The summed E-state index contributed by atoms with van der Waals surface area (Å²) in [4.78, 5) is 25.0. The molecule has 1 heterocycles. The predicted octanol–water partition coefficient (Wildman–Crippen LogP) is 1.33. The lowest BCUT2D eigenvalue weighted by Crippen LogP contribution is -2.41.